The Bertz CT molecular complexity index is 1080. The maximum absolute atomic E-state index is 12.8. The van der Waals surface area contributed by atoms with Crippen molar-refractivity contribution in [3.63, 3.8) is 0 Å². The van der Waals surface area contributed by atoms with Crippen LogP contribution in [0.1, 0.15) is 28.8 Å². The van der Waals surface area contributed by atoms with Crippen molar-refractivity contribution in [2.45, 2.75) is 25.3 Å². The van der Waals surface area contributed by atoms with Gasteiger partial charge in [0, 0.05) is 42.1 Å². The van der Waals surface area contributed by atoms with Crippen LogP contribution >= 0.6 is 11.6 Å². The van der Waals surface area contributed by atoms with Crippen molar-refractivity contribution in [3.8, 4) is 17.0 Å². The number of aromatic amines is 1. The zero-order valence-electron chi connectivity index (χ0n) is 16.7. The number of halogens is 3. The third kappa shape index (κ3) is 4.93. The van der Waals surface area contributed by atoms with Crippen LogP contribution in [0.3, 0.4) is 0 Å². The number of pyridine rings is 1. The lowest BCUT2D eigenvalue weighted by Gasteiger charge is -2.20. The molecule has 162 valence electrons. The number of nitrogens with one attached hydrogen (secondary N) is 2. The highest BCUT2D eigenvalue weighted by Crippen LogP contribution is 2.33. The number of ether oxygens (including phenoxy) is 1. The number of nitrogens with zero attached hydrogens (tertiary/aromatic N) is 3. The van der Waals surface area contributed by atoms with Crippen molar-refractivity contribution in [1.82, 2.24) is 15.2 Å². The third-order valence-corrected chi connectivity index (χ3v) is 5.06. The van der Waals surface area contributed by atoms with Crippen molar-refractivity contribution >= 4 is 29.0 Å². The molecule has 1 aromatic carbocycles. The van der Waals surface area contributed by atoms with Gasteiger partial charge in [-0.05, 0) is 55.7 Å². The summed E-state index contributed by atoms with van der Waals surface area (Å²) in [7, 11) is 0. The van der Waals surface area contributed by atoms with Crippen molar-refractivity contribution in [2.75, 3.05) is 23.3 Å². The van der Waals surface area contributed by atoms with Crippen molar-refractivity contribution in [3.05, 3.63) is 53.9 Å². The number of carbonyl (C=O) groups is 1. The molecule has 7 nitrogen and oxygen atoms in total. The Morgan fingerprint density at radius 3 is 2.55 bits per heavy atom. The summed E-state index contributed by atoms with van der Waals surface area (Å²) in [5.74, 6) is 0.312. The highest BCUT2D eigenvalue weighted by Gasteiger charge is 2.27. The summed E-state index contributed by atoms with van der Waals surface area (Å²) in [6.45, 7) is 3.76. The van der Waals surface area contributed by atoms with E-state index in [1.54, 1.807) is 12.3 Å². The summed E-state index contributed by atoms with van der Waals surface area (Å²) < 4.78 is 29.7. The van der Waals surface area contributed by atoms with Crippen LogP contribution < -0.4 is 15.0 Å². The zero-order valence-corrected chi connectivity index (χ0v) is 17.4. The van der Waals surface area contributed by atoms with E-state index in [2.05, 4.69) is 30.1 Å². The average Bonchev–Trinajstić information content (AvgIpc) is 3.39. The number of rotatable bonds is 6. The molecule has 0 spiro atoms. The molecule has 1 fully saturated rings. The van der Waals surface area contributed by atoms with E-state index in [-0.39, 0.29) is 11.7 Å². The molecular weight excluding hydrogens is 428 g/mol. The fourth-order valence-electron chi connectivity index (χ4n) is 3.51. The number of carbonyl (C=O) groups excluding carboxylic acids is 1. The molecule has 0 bridgehead atoms. The van der Waals surface area contributed by atoms with Crippen LogP contribution in [0, 0.1) is 6.92 Å². The lowest BCUT2D eigenvalue weighted by molar-refractivity contribution is -0.0964. The van der Waals surface area contributed by atoms with Gasteiger partial charge in [0.05, 0.1) is 17.5 Å². The topological polar surface area (TPSA) is 83.1 Å². The molecule has 0 unspecified atom stereocenters. The Kier molecular flexibility index (Phi) is 5.77. The standard InChI is InChI=1S/C21H20ClF2N5O2/c1-13-11-26-28-18(13)17-10-14(12-25-19(17)29-8-2-3-9-29)20(30)27-15-4-6-16(7-5-15)31-21(22,23)24/h4-7,10-12H,2-3,8-9H2,1H3,(H,26,28)(H,27,30). The van der Waals surface area contributed by atoms with E-state index in [0.717, 1.165) is 48.6 Å². The van der Waals surface area contributed by atoms with Crippen LogP contribution in [-0.4, -0.2) is 39.7 Å². The molecule has 0 aliphatic carbocycles. The van der Waals surface area contributed by atoms with Crippen LogP contribution in [0.5, 0.6) is 5.75 Å². The van der Waals surface area contributed by atoms with Crippen molar-refractivity contribution in [1.29, 1.82) is 0 Å². The molecule has 4 rings (SSSR count). The van der Waals surface area contributed by atoms with E-state index >= 15 is 0 Å². The van der Waals surface area contributed by atoms with Gasteiger partial charge in [0.2, 0.25) is 0 Å². The van der Waals surface area contributed by atoms with E-state index in [1.165, 1.54) is 30.5 Å². The molecule has 3 heterocycles. The monoisotopic (exact) mass is 447 g/mol. The normalized spacial score (nSPS) is 14.0. The summed E-state index contributed by atoms with van der Waals surface area (Å²) in [5, 5.41) is 9.82. The van der Waals surface area contributed by atoms with E-state index in [0.29, 0.717) is 11.3 Å². The van der Waals surface area contributed by atoms with Crippen LogP contribution in [-0.2, 0) is 0 Å². The molecule has 1 amide bonds. The summed E-state index contributed by atoms with van der Waals surface area (Å²) in [6.07, 6.45) is 5.45. The van der Waals surface area contributed by atoms with E-state index in [4.69, 9.17) is 11.6 Å². The molecule has 2 N–H and O–H groups in total. The Labute approximate surface area is 182 Å². The van der Waals surface area contributed by atoms with Gasteiger partial charge in [-0.2, -0.15) is 5.10 Å². The Morgan fingerprint density at radius 1 is 1.23 bits per heavy atom. The second-order valence-corrected chi connectivity index (χ2v) is 7.68. The highest BCUT2D eigenvalue weighted by molar-refractivity contribution is 6.20. The van der Waals surface area contributed by atoms with Gasteiger partial charge < -0.3 is 15.0 Å². The smallest absolute Gasteiger partial charge is 0.420 e. The number of aromatic nitrogens is 3. The second-order valence-electron chi connectivity index (χ2n) is 7.24. The third-order valence-electron chi connectivity index (χ3n) is 4.98. The predicted molar refractivity (Wildman–Crippen MR) is 114 cm³/mol. The van der Waals surface area contributed by atoms with Gasteiger partial charge in [0.1, 0.15) is 11.6 Å². The van der Waals surface area contributed by atoms with Gasteiger partial charge in [-0.15, -0.1) is 8.78 Å². The Balaban J connectivity index is 1.58. The van der Waals surface area contributed by atoms with Crippen molar-refractivity contribution < 1.29 is 18.3 Å². The maximum atomic E-state index is 12.8. The molecular formula is C21H20ClF2N5O2. The van der Waals surface area contributed by atoms with Crippen LogP contribution in [0.2, 0.25) is 0 Å². The van der Waals surface area contributed by atoms with Crippen LogP contribution in [0.25, 0.3) is 11.3 Å². The largest absolute Gasteiger partial charge is 0.487 e. The number of benzene rings is 1. The lowest BCUT2D eigenvalue weighted by Crippen LogP contribution is -2.21. The van der Waals surface area contributed by atoms with E-state index in [1.807, 2.05) is 6.92 Å². The first-order valence-electron chi connectivity index (χ1n) is 9.73. The fourth-order valence-corrected chi connectivity index (χ4v) is 3.60. The van der Waals surface area contributed by atoms with E-state index in [9.17, 15) is 13.6 Å². The molecule has 0 saturated carbocycles. The maximum Gasteiger partial charge on any atom is 0.487 e. The van der Waals surface area contributed by atoms with Gasteiger partial charge in [0.25, 0.3) is 5.91 Å². The molecule has 3 aromatic rings. The molecule has 0 atom stereocenters. The highest BCUT2D eigenvalue weighted by atomic mass is 35.5. The van der Waals surface area contributed by atoms with Gasteiger partial charge in [-0.1, -0.05) is 0 Å². The summed E-state index contributed by atoms with van der Waals surface area (Å²) >= 11 is 4.76. The van der Waals surface area contributed by atoms with Crippen molar-refractivity contribution in [2.24, 2.45) is 0 Å². The number of alkyl halides is 3. The van der Waals surface area contributed by atoms with Gasteiger partial charge in [-0.3, -0.25) is 9.89 Å². The molecule has 31 heavy (non-hydrogen) atoms. The van der Waals surface area contributed by atoms with Gasteiger partial charge in [0.15, 0.2) is 0 Å². The fraction of sp³-hybridized carbons (Fsp3) is 0.286. The summed E-state index contributed by atoms with van der Waals surface area (Å²) in [4.78, 5) is 19.6. The second kappa shape index (κ2) is 8.50. The molecule has 1 aliphatic heterocycles. The number of aryl methyl sites for hydroxylation is 1. The quantitative estimate of drug-likeness (QED) is 0.530. The molecule has 1 aliphatic rings. The summed E-state index contributed by atoms with van der Waals surface area (Å²) in [5.41, 5.74) is -0.455. The minimum absolute atomic E-state index is 0.119. The minimum Gasteiger partial charge on any atom is -0.420 e. The van der Waals surface area contributed by atoms with Gasteiger partial charge in [-0.25, -0.2) is 4.98 Å². The van der Waals surface area contributed by atoms with E-state index < -0.39 is 5.57 Å². The molecule has 10 heteroatoms. The first kappa shape index (κ1) is 21.0. The minimum atomic E-state index is -3.80. The Morgan fingerprint density at radius 2 is 1.94 bits per heavy atom. The number of anilines is 2. The lowest BCUT2D eigenvalue weighted by atomic mass is 10.1. The first-order chi connectivity index (χ1) is 14.8. The SMILES string of the molecule is Cc1cn[nH]c1-c1cc(C(=O)Nc2ccc(OC(F)(F)Cl)cc2)cnc1N1CCCC1. The van der Waals surface area contributed by atoms with Gasteiger partial charge >= 0.3 is 5.57 Å². The molecule has 0 radical (unpaired) electrons. The Hall–Kier alpha value is -3.20. The molecule has 2 aromatic heterocycles. The predicted octanol–water partition coefficient (Wildman–Crippen LogP) is 4.80. The average molecular weight is 448 g/mol. The van der Waals surface area contributed by atoms with Crippen LogP contribution in [0.4, 0.5) is 20.3 Å². The van der Waals surface area contributed by atoms with Crippen LogP contribution in [0.15, 0.2) is 42.7 Å². The zero-order chi connectivity index (χ0) is 22.0. The molecule has 1 saturated heterocycles. The summed E-state index contributed by atoms with van der Waals surface area (Å²) in [6, 6.07) is 7.26. The number of amides is 1. The first-order valence-corrected chi connectivity index (χ1v) is 10.1. The number of hydrogen-bond acceptors (Lipinski definition) is 5. The number of hydrogen-bond donors (Lipinski definition) is 2. The number of H-pyrrole nitrogens is 1.